The van der Waals surface area contributed by atoms with E-state index in [1.807, 2.05) is 12.1 Å². The highest BCUT2D eigenvalue weighted by atomic mass is 14.6. The Labute approximate surface area is 79.0 Å². The third-order valence-corrected chi connectivity index (χ3v) is 2.71. The lowest BCUT2D eigenvalue weighted by atomic mass is 10.1. The van der Waals surface area contributed by atoms with Crippen LogP contribution in [-0.2, 0) is 0 Å². The molecule has 0 saturated heterocycles. The summed E-state index contributed by atoms with van der Waals surface area (Å²) in [5.41, 5.74) is 7.92. The first-order valence-corrected chi connectivity index (χ1v) is 4.62. The summed E-state index contributed by atoms with van der Waals surface area (Å²) < 4.78 is 0. The Kier molecular flexibility index (Phi) is 2.08. The van der Waals surface area contributed by atoms with Gasteiger partial charge in [-0.05, 0) is 42.5 Å². The maximum atomic E-state index is 5.59. The molecule has 0 amide bonds. The molecule has 66 valence electrons. The minimum absolute atomic E-state index is 0.665. The summed E-state index contributed by atoms with van der Waals surface area (Å²) in [6.07, 6.45) is 6.56. The number of hydrogen-bond acceptors (Lipinski definition) is 1. The molecule has 0 aliphatic heterocycles. The van der Waals surface area contributed by atoms with Crippen molar-refractivity contribution in [2.75, 3.05) is 6.54 Å². The predicted molar refractivity (Wildman–Crippen MR) is 54.3 cm³/mol. The minimum Gasteiger partial charge on any atom is -0.330 e. The Morgan fingerprint density at radius 1 is 1.54 bits per heavy atom. The smallest absolute Gasteiger partial charge is 0.0245 e. The maximum absolute atomic E-state index is 5.59. The second kappa shape index (κ2) is 3.24. The molecule has 1 fully saturated rings. The van der Waals surface area contributed by atoms with Gasteiger partial charge in [-0.25, -0.2) is 0 Å². The zero-order valence-electron chi connectivity index (χ0n) is 7.53. The standard InChI is InChI=1S/C12H13N/c1-2-9-4-3-5-10(6-9)12-7-11(12)8-13/h1,3-6,11-12H,7-8,13H2. The molecule has 0 bridgehead atoms. The predicted octanol–water partition coefficient (Wildman–Crippen LogP) is 1.73. The van der Waals surface area contributed by atoms with E-state index in [0.29, 0.717) is 11.8 Å². The van der Waals surface area contributed by atoms with Crippen LogP contribution in [0.2, 0.25) is 0 Å². The van der Waals surface area contributed by atoms with Gasteiger partial charge in [-0.3, -0.25) is 0 Å². The van der Waals surface area contributed by atoms with Crippen LogP contribution in [0, 0.1) is 18.3 Å². The molecule has 2 unspecified atom stereocenters. The zero-order valence-corrected chi connectivity index (χ0v) is 7.53. The highest BCUT2D eigenvalue weighted by molar-refractivity contribution is 5.38. The van der Waals surface area contributed by atoms with Crippen LogP contribution in [0.5, 0.6) is 0 Å². The lowest BCUT2D eigenvalue weighted by Crippen LogP contribution is -2.01. The summed E-state index contributed by atoms with van der Waals surface area (Å²) >= 11 is 0. The van der Waals surface area contributed by atoms with Crippen LogP contribution in [-0.4, -0.2) is 6.54 Å². The Morgan fingerprint density at radius 2 is 2.38 bits per heavy atom. The van der Waals surface area contributed by atoms with E-state index in [9.17, 15) is 0 Å². The van der Waals surface area contributed by atoms with Crippen LogP contribution in [0.25, 0.3) is 0 Å². The normalized spacial score (nSPS) is 25.2. The highest BCUT2D eigenvalue weighted by Gasteiger charge is 2.36. The summed E-state index contributed by atoms with van der Waals surface area (Å²) in [6.45, 7) is 0.797. The molecule has 2 rings (SSSR count). The Hall–Kier alpha value is -1.26. The largest absolute Gasteiger partial charge is 0.330 e. The number of hydrogen-bond donors (Lipinski definition) is 1. The first kappa shape index (κ1) is 8.34. The van der Waals surface area contributed by atoms with Crippen LogP contribution in [0.4, 0.5) is 0 Å². The fraction of sp³-hybridized carbons (Fsp3) is 0.333. The molecular weight excluding hydrogens is 158 g/mol. The van der Waals surface area contributed by atoms with E-state index in [1.54, 1.807) is 0 Å². The van der Waals surface area contributed by atoms with Gasteiger partial charge < -0.3 is 5.73 Å². The fourth-order valence-electron chi connectivity index (χ4n) is 1.78. The van der Waals surface area contributed by atoms with E-state index in [4.69, 9.17) is 12.2 Å². The van der Waals surface area contributed by atoms with Crippen molar-refractivity contribution >= 4 is 0 Å². The van der Waals surface area contributed by atoms with Crippen LogP contribution < -0.4 is 5.73 Å². The molecule has 1 aromatic rings. The monoisotopic (exact) mass is 171 g/mol. The van der Waals surface area contributed by atoms with Crippen LogP contribution in [0.3, 0.4) is 0 Å². The van der Waals surface area contributed by atoms with Gasteiger partial charge in [0.1, 0.15) is 0 Å². The summed E-state index contributed by atoms with van der Waals surface area (Å²) in [7, 11) is 0. The van der Waals surface area contributed by atoms with Gasteiger partial charge in [0, 0.05) is 5.56 Å². The molecule has 0 aromatic heterocycles. The zero-order chi connectivity index (χ0) is 9.26. The third kappa shape index (κ3) is 1.59. The minimum atomic E-state index is 0.665. The molecule has 1 aliphatic carbocycles. The average molecular weight is 171 g/mol. The average Bonchev–Trinajstić information content (AvgIpc) is 2.97. The molecule has 2 N–H and O–H groups in total. The van der Waals surface area contributed by atoms with E-state index in [0.717, 1.165) is 12.1 Å². The first-order chi connectivity index (χ1) is 6.35. The van der Waals surface area contributed by atoms with Gasteiger partial charge in [-0.2, -0.15) is 0 Å². The summed E-state index contributed by atoms with van der Waals surface area (Å²) in [5.74, 6) is 4.00. The topological polar surface area (TPSA) is 26.0 Å². The van der Waals surface area contributed by atoms with Gasteiger partial charge in [-0.15, -0.1) is 6.42 Å². The quantitative estimate of drug-likeness (QED) is 0.674. The SMILES string of the molecule is C#Cc1cccc(C2CC2CN)c1. The number of terminal acetylenes is 1. The highest BCUT2D eigenvalue weighted by Crippen LogP contribution is 2.46. The summed E-state index contributed by atoms with van der Waals surface area (Å²) in [6, 6.07) is 8.22. The van der Waals surface area contributed by atoms with Crippen molar-refractivity contribution in [3.05, 3.63) is 35.4 Å². The number of nitrogens with two attached hydrogens (primary N) is 1. The van der Waals surface area contributed by atoms with Crippen molar-refractivity contribution in [1.29, 1.82) is 0 Å². The molecule has 1 aromatic carbocycles. The molecule has 2 atom stereocenters. The van der Waals surface area contributed by atoms with Crippen molar-refractivity contribution in [2.24, 2.45) is 11.7 Å². The van der Waals surface area contributed by atoms with E-state index in [2.05, 4.69) is 18.1 Å². The van der Waals surface area contributed by atoms with Crippen molar-refractivity contribution in [3.8, 4) is 12.3 Å². The second-order valence-electron chi connectivity index (χ2n) is 3.61. The Morgan fingerprint density at radius 3 is 3.00 bits per heavy atom. The summed E-state index contributed by atoms with van der Waals surface area (Å²) in [5, 5.41) is 0. The van der Waals surface area contributed by atoms with Crippen molar-refractivity contribution in [3.63, 3.8) is 0 Å². The Balaban J connectivity index is 2.19. The lowest BCUT2D eigenvalue weighted by Gasteiger charge is -1.99. The molecule has 0 radical (unpaired) electrons. The first-order valence-electron chi connectivity index (χ1n) is 4.62. The third-order valence-electron chi connectivity index (χ3n) is 2.71. The van der Waals surface area contributed by atoms with E-state index < -0.39 is 0 Å². The molecule has 1 aliphatic rings. The van der Waals surface area contributed by atoms with Crippen molar-refractivity contribution in [1.82, 2.24) is 0 Å². The van der Waals surface area contributed by atoms with Gasteiger partial charge >= 0.3 is 0 Å². The maximum Gasteiger partial charge on any atom is 0.0245 e. The van der Waals surface area contributed by atoms with Gasteiger partial charge in [0.15, 0.2) is 0 Å². The number of rotatable bonds is 2. The Bertz CT molecular complexity index is 348. The molecule has 1 nitrogen and oxygen atoms in total. The van der Waals surface area contributed by atoms with Gasteiger partial charge in [-0.1, -0.05) is 18.1 Å². The van der Waals surface area contributed by atoms with Crippen LogP contribution in [0.15, 0.2) is 24.3 Å². The van der Waals surface area contributed by atoms with E-state index in [1.165, 1.54) is 12.0 Å². The van der Waals surface area contributed by atoms with Gasteiger partial charge in [0.05, 0.1) is 0 Å². The second-order valence-corrected chi connectivity index (χ2v) is 3.61. The molecule has 1 heteroatoms. The van der Waals surface area contributed by atoms with Gasteiger partial charge in [0.2, 0.25) is 0 Å². The van der Waals surface area contributed by atoms with E-state index in [-0.39, 0.29) is 0 Å². The molecular formula is C12H13N. The molecule has 1 saturated carbocycles. The summed E-state index contributed by atoms with van der Waals surface area (Å²) in [4.78, 5) is 0. The van der Waals surface area contributed by atoms with Crippen LogP contribution >= 0.6 is 0 Å². The number of benzene rings is 1. The van der Waals surface area contributed by atoms with Crippen molar-refractivity contribution in [2.45, 2.75) is 12.3 Å². The van der Waals surface area contributed by atoms with Gasteiger partial charge in [0.25, 0.3) is 0 Å². The fourth-order valence-corrected chi connectivity index (χ4v) is 1.78. The van der Waals surface area contributed by atoms with Crippen molar-refractivity contribution < 1.29 is 0 Å². The molecule has 0 heterocycles. The molecule has 0 spiro atoms. The lowest BCUT2D eigenvalue weighted by molar-refractivity contribution is 0.809. The van der Waals surface area contributed by atoms with Crippen LogP contribution in [0.1, 0.15) is 23.5 Å². The van der Waals surface area contributed by atoms with E-state index >= 15 is 0 Å². The molecule has 13 heavy (non-hydrogen) atoms.